The summed E-state index contributed by atoms with van der Waals surface area (Å²) in [5.74, 6) is 0.0804. The number of nitrogens with zero attached hydrogens (tertiary/aromatic N) is 4. The highest BCUT2D eigenvalue weighted by Crippen LogP contribution is 2.30. The van der Waals surface area contributed by atoms with E-state index in [1.807, 2.05) is 0 Å². The van der Waals surface area contributed by atoms with Gasteiger partial charge in [-0.3, -0.25) is 20.3 Å². The highest BCUT2D eigenvalue weighted by atomic mass is 16.6. The summed E-state index contributed by atoms with van der Waals surface area (Å²) >= 11 is 0. The molecule has 0 saturated carbocycles. The van der Waals surface area contributed by atoms with Gasteiger partial charge in [0.1, 0.15) is 5.84 Å². The van der Waals surface area contributed by atoms with E-state index < -0.39 is 4.92 Å². The van der Waals surface area contributed by atoms with E-state index in [4.69, 9.17) is 0 Å². The average Bonchev–Trinajstić information content (AvgIpc) is 2.96. The van der Waals surface area contributed by atoms with Crippen molar-refractivity contribution in [3.05, 3.63) is 70.3 Å². The lowest BCUT2D eigenvalue weighted by Crippen LogP contribution is -2.48. The first-order valence-electron chi connectivity index (χ1n) is 6.83. The van der Waals surface area contributed by atoms with Gasteiger partial charge in [0.15, 0.2) is 5.69 Å². The van der Waals surface area contributed by atoms with Crippen LogP contribution in [0.5, 0.6) is 0 Å². The number of anilines is 1. The number of hydrazone groups is 1. The number of amides is 1. The number of nitrogens with one attached hydrogen (secondary N) is 1. The summed E-state index contributed by atoms with van der Waals surface area (Å²) in [5.41, 5.74) is 3.30. The Labute approximate surface area is 131 Å². The molecule has 0 radical (unpaired) electrons. The summed E-state index contributed by atoms with van der Waals surface area (Å²) in [4.78, 5) is 23.3. The van der Waals surface area contributed by atoms with Crippen LogP contribution in [0, 0.1) is 10.1 Å². The molecule has 23 heavy (non-hydrogen) atoms. The zero-order chi connectivity index (χ0) is 16.4. The van der Waals surface area contributed by atoms with Crippen molar-refractivity contribution in [2.24, 2.45) is 5.10 Å². The van der Waals surface area contributed by atoms with E-state index in [0.29, 0.717) is 11.4 Å². The number of benzene rings is 2. The van der Waals surface area contributed by atoms with Gasteiger partial charge in [-0.1, -0.05) is 30.3 Å². The minimum atomic E-state index is -0.510. The topological polar surface area (TPSA) is 91.1 Å². The second kappa shape index (κ2) is 5.76. The van der Waals surface area contributed by atoms with Crippen LogP contribution < -0.4 is 10.5 Å². The molecule has 8 nitrogen and oxygen atoms in total. The molecule has 0 spiro atoms. The molecule has 1 aliphatic heterocycles. The number of rotatable bonds is 3. The Balaban J connectivity index is 2.00. The minimum absolute atomic E-state index is 0.140. The summed E-state index contributed by atoms with van der Waals surface area (Å²) in [5, 5.41) is 17.7. The Morgan fingerprint density at radius 1 is 1.13 bits per heavy atom. The maximum atomic E-state index is 12.6. The number of hydrazine groups is 2. The van der Waals surface area contributed by atoms with Crippen LogP contribution in [0.25, 0.3) is 0 Å². The zero-order valence-corrected chi connectivity index (χ0v) is 12.2. The molecular formula is C15H13N5O3. The van der Waals surface area contributed by atoms with Crippen LogP contribution in [0.4, 0.5) is 11.4 Å². The van der Waals surface area contributed by atoms with E-state index in [1.54, 1.807) is 49.4 Å². The van der Waals surface area contributed by atoms with Crippen LogP contribution in [0.2, 0.25) is 0 Å². The predicted octanol–water partition coefficient (Wildman–Crippen LogP) is 2.31. The monoisotopic (exact) mass is 311 g/mol. The molecule has 0 atom stereocenters. The minimum Gasteiger partial charge on any atom is -0.265 e. The van der Waals surface area contributed by atoms with Gasteiger partial charge >= 0.3 is 0 Å². The average molecular weight is 311 g/mol. The van der Waals surface area contributed by atoms with Gasteiger partial charge in [-0.2, -0.15) is 0 Å². The third-order valence-corrected chi connectivity index (χ3v) is 3.21. The van der Waals surface area contributed by atoms with Crippen molar-refractivity contribution in [1.82, 2.24) is 10.5 Å². The molecule has 8 heteroatoms. The second-order valence-corrected chi connectivity index (χ2v) is 4.82. The maximum absolute atomic E-state index is 12.6. The first kappa shape index (κ1) is 14.5. The van der Waals surface area contributed by atoms with Gasteiger partial charge in [-0.15, -0.1) is 15.3 Å². The molecule has 2 aromatic carbocycles. The predicted molar refractivity (Wildman–Crippen MR) is 84.4 cm³/mol. The van der Waals surface area contributed by atoms with Crippen LogP contribution in [-0.4, -0.2) is 21.8 Å². The standard InChI is InChI=1S/C15H13N5O3/c1-11-16-18(13-9-5-6-10-14(13)20(22)23)19(17-11)15(21)12-7-3-2-4-8-12/h2-10H,1H3,(H,16,17). The summed E-state index contributed by atoms with van der Waals surface area (Å²) in [6.45, 7) is 1.67. The maximum Gasteiger partial charge on any atom is 0.296 e. The van der Waals surface area contributed by atoms with Crippen molar-refractivity contribution in [1.29, 1.82) is 0 Å². The molecule has 0 fully saturated rings. The molecule has 1 N–H and O–H groups in total. The fourth-order valence-corrected chi connectivity index (χ4v) is 2.20. The first-order chi connectivity index (χ1) is 11.1. The number of hydrogen-bond donors (Lipinski definition) is 1. The fraction of sp³-hybridized carbons (Fsp3) is 0.0667. The number of hydrogen-bond acceptors (Lipinski definition) is 6. The van der Waals surface area contributed by atoms with Crippen molar-refractivity contribution in [2.45, 2.75) is 6.92 Å². The number of para-hydroxylation sites is 2. The van der Waals surface area contributed by atoms with Crippen molar-refractivity contribution in [2.75, 3.05) is 5.12 Å². The molecule has 0 saturated heterocycles. The lowest BCUT2D eigenvalue weighted by atomic mass is 10.2. The van der Waals surface area contributed by atoms with Gasteiger partial charge < -0.3 is 0 Å². The van der Waals surface area contributed by atoms with Gasteiger partial charge in [0.2, 0.25) is 0 Å². The number of nitro groups is 1. The Kier molecular flexibility index (Phi) is 3.63. The Bertz CT molecular complexity index is 791. The summed E-state index contributed by atoms with van der Waals surface area (Å²) < 4.78 is 0. The molecule has 0 aromatic heterocycles. The fourth-order valence-electron chi connectivity index (χ4n) is 2.20. The van der Waals surface area contributed by atoms with Crippen molar-refractivity contribution in [3.8, 4) is 0 Å². The van der Waals surface area contributed by atoms with Gasteiger partial charge in [0, 0.05) is 11.6 Å². The van der Waals surface area contributed by atoms with E-state index in [2.05, 4.69) is 10.5 Å². The van der Waals surface area contributed by atoms with Crippen LogP contribution in [0.3, 0.4) is 0 Å². The normalized spacial score (nSPS) is 13.5. The molecule has 0 aliphatic carbocycles. The number of carbonyl (C=O) groups excluding carboxylic acids is 1. The van der Waals surface area contributed by atoms with Crippen molar-refractivity contribution in [3.63, 3.8) is 0 Å². The van der Waals surface area contributed by atoms with E-state index in [9.17, 15) is 14.9 Å². The smallest absolute Gasteiger partial charge is 0.265 e. The molecule has 2 aromatic rings. The van der Waals surface area contributed by atoms with Crippen LogP contribution in [0.1, 0.15) is 17.3 Å². The third-order valence-electron chi connectivity index (χ3n) is 3.21. The second-order valence-electron chi connectivity index (χ2n) is 4.82. The molecular weight excluding hydrogens is 298 g/mol. The Hall–Kier alpha value is -3.42. The van der Waals surface area contributed by atoms with Gasteiger partial charge in [-0.05, 0) is 25.1 Å². The number of nitro benzene ring substituents is 1. The Morgan fingerprint density at radius 3 is 2.48 bits per heavy atom. The van der Waals surface area contributed by atoms with Gasteiger partial charge in [-0.25, -0.2) is 0 Å². The Morgan fingerprint density at radius 2 is 1.78 bits per heavy atom. The van der Waals surface area contributed by atoms with Gasteiger partial charge in [0.05, 0.1) is 4.92 Å². The van der Waals surface area contributed by atoms with Crippen molar-refractivity contribution < 1.29 is 9.72 Å². The highest BCUT2D eigenvalue weighted by molar-refractivity contribution is 5.98. The molecule has 0 unspecified atom stereocenters. The first-order valence-corrected chi connectivity index (χ1v) is 6.83. The van der Waals surface area contributed by atoms with E-state index in [1.165, 1.54) is 17.3 Å². The van der Waals surface area contributed by atoms with E-state index in [-0.39, 0.29) is 17.3 Å². The molecule has 3 rings (SSSR count). The summed E-state index contributed by atoms with van der Waals surface area (Å²) in [6.07, 6.45) is 0. The molecule has 116 valence electrons. The lowest BCUT2D eigenvalue weighted by molar-refractivity contribution is -0.384. The largest absolute Gasteiger partial charge is 0.296 e. The highest BCUT2D eigenvalue weighted by Gasteiger charge is 2.32. The molecule has 1 heterocycles. The molecule has 1 aliphatic rings. The lowest BCUT2D eigenvalue weighted by Gasteiger charge is -2.25. The summed E-state index contributed by atoms with van der Waals surface area (Å²) in [7, 11) is 0. The number of amidine groups is 1. The molecule has 1 amide bonds. The van der Waals surface area contributed by atoms with Crippen molar-refractivity contribution >= 4 is 23.1 Å². The van der Waals surface area contributed by atoms with Crippen LogP contribution in [-0.2, 0) is 0 Å². The van der Waals surface area contributed by atoms with Gasteiger partial charge in [0.25, 0.3) is 11.6 Å². The summed E-state index contributed by atoms with van der Waals surface area (Å²) in [6, 6.07) is 14.7. The van der Waals surface area contributed by atoms with Crippen LogP contribution >= 0.6 is 0 Å². The SMILES string of the molecule is CC1=NN(c2ccccc2[N+](=O)[O-])N(C(=O)c2ccccc2)N1. The zero-order valence-electron chi connectivity index (χ0n) is 12.2. The van der Waals surface area contributed by atoms with E-state index in [0.717, 1.165) is 5.12 Å². The van der Waals surface area contributed by atoms with E-state index >= 15 is 0 Å². The molecule has 0 bridgehead atoms. The third kappa shape index (κ3) is 2.69. The number of carbonyl (C=O) groups is 1. The quantitative estimate of drug-likeness (QED) is 0.694. The van der Waals surface area contributed by atoms with Crippen LogP contribution in [0.15, 0.2) is 59.7 Å².